The number of hydrogen-bond acceptors (Lipinski definition) is 2. The lowest BCUT2D eigenvalue weighted by Gasteiger charge is -2.07. The van der Waals surface area contributed by atoms with Crippen LogP contribution < -0.4 is 5.73 Å². The largest absolute Gasteiger partial charge is 0.505 e. The molecule has 0 spiro atoms. The molecule has 0 aliphatic rings. The number of halogens is 2. The fraction of sp³-hybridized carbons (Fsp3) is 0.250. The van der Waals surface area contributed by atoms with E-state index in [2.05, 4.69) is 0 Å². The van der Waals surface area contributed by atoms with Gasteiger partial charge in [0.05, 0.1) is 0 Å². The van der Waals surface area contributed by atoms with E-state index in [9.17, 15) is 8.78 Å². The van der Waals surface area contributed by atoms with Crippen LogP contribution >= 0.6 is 0 Å². The quantitative estimate of drug-likeness (QED) is 0.678. The smallest absolute Gasteiger partial charge is 0.167 e. The summed E-state index contributed by atoms with van der Waals surface area (Å²) in [5.41, 5.74) is 5.47. The minimum Gasteiger partial charge on any atom is -0.505 e. The second kappa shape index (κ2) is 3.06. The van der Waals surface area contributed by atoms with Crippen LogP contribution in [0.4, 0.5) is 8.78 Å². The molecule has 4 heteroatoms. The predicted molar refractivity (Wildman–Crippen MR) is 40.6 cm³/mol. The number of benzene rings is 1. The molecule has 3 N–H and O–H groups in total. The lowest BCUT2D eigenvalue weighted by Crippen LogP contribution is -2.07. The normalized spacial score (nSPS) is 13.0. The van der Waals surface area contributed by atoms with Crippen molar-refractivity contribution in [3.05, 3.63) is 29.3 Å². The highest BCUT2D eigenvalue weighted by molar-refractivity contribution is 5.31. The van der Waals surface area contributed by atoms with Crippen molar-refractivity contribution in [3.63, 3.8) is 0 Å². The van der Waals surface area contributed by atoms with E-state index in [0.29, 0.717) is 6.07 Å². The zero-order chi connectivity index (χ0) is 9.30. The lowest BCUT2D eigenvalue weighted by molar-refractivity contribution is 0.424. The van der Waals surface area contributed by atoms with E-state index in [1.54, 1.807) is 6.92 Å². The van der Waals surface area contributed by atoms with Gasteiger partial charge >= 0.3 is 0 Å². The molecule has 0 aliphatic carbocycles. The standard InChI is InChI=1S/C8H9F2NO/c1-4(11)5-2-8(12)7(10)3-6(5)9/h2-4,12H,11H2,1H3. The van der Waals surface area contributed by atoms with Crippen molar-refractivity contribution in [3.8, 4) is 5.75 Å². The zero-order valence-electron chi connectivity index (χ0n) is 6.51. The molecule has 1 aromatic rings. The third-order valence-corrected chi connectivity index (χ3v) is 1.56. The van der Waals surface area contributed by atoms with E-state index in [1.807, 2.05) is 0 Å². The van der Waals surface area contributed by atoms with Crippen molar-refractivity contribution in [2.75, 3.05) is 0 Å². The highest BCUT2D eigenvalue weighted by atomic mass is 19.1. The van der Waals surface area contributed by atoms with E-state index in [1.165, 1.54) is 0 Å². The van der Waals surface area contributed by atoms with E-state index in [4.69, 9.17) is 10.8 Å². The maximum Gasteiger partial charge on any atom is 0.167 e. The van der Waals surface area contributed by atoms with Crippen LogP contribution in [0.3, 0.4) is 0 Å². The molecule has 1 unspecified atom stereocenters. The Balaban J connectivity index is 3.23. The van der Waals surface area contributed by atoms with Gasteiger partial charge in [-0.25, -0.2) is 8.78 Å². The molecular weight excluding hydrogens is 164 g/mol. The number of phenolic OH excluding ortho intramolecular Hbond substituents is 1. The summed E-state index contributed by atoms with van der Waals surface area (Å²) in [7, 11) is 0. The van der Waals surface area contributed by atoms with Crippen molar-refractivity contribution in [2.45, 2.75) is 13.0 Å². The van der Waals surface area contributed by atoms with Crippen molar-refractivity contribution in [1.29, 1.82) is 0 Å². The first kappa shape index (κ1) is 8.93. The monoisotopic (exact) mass is 173 g/mol. The summed E-state index contributed by atoms with van der Waals surface area (Å²) < 4.78 is 25.3. The predicted octanol–water partition coefficient (Wildman–Crippen LogP) is 1.69. The summed E-state index contributed by atoms with van der Waals surface area (Å²) in [6, 6.07) is 1.06. The van der Waals surface area contributed by atoms with Crippen LogP contribution in [0, 0.1) is 11.6 Å². The maximum absolute atomic E-state index is 12.9. The number of phenols is 1. The molecule has 66 valence electrons. The van der Waals surface area contributed by atoms with E-state index < -0.39 is 23.4 Å². The van der Waals surface area contributed by atoms with Gasteiger partial charge in [0.25, 0.3) is 0 Å². The Hall–Kier alpha value is -1.16. The Kier molecular flexibility index (Phi) is 2.28. The van der Waals surface area contributed by atoms with Crippen LogP contribution in [0.25, 0.3) is 0 Å². The van der Waals surface area contributed by atoms with Crippen LogP contribution in [0.15, 0.2) is 12.1 Å². The molecule has 0 radical (unpaired) electrons. The average Bonchev–Trinajstić information content (AvgIpc) is 1.96. The summed E-state index contributed by atoms with van der Waals surface area (Å²) >= 11 is 0. The lowest BCUT2D eigenvalue weighted by atomic mass is 10.1. The molecule has 1 atom stereocenters. The highest BCUT2D eigenvalue weighted by Gasteiger charge is 2.11. The fourth-order valence-corrected chi connectivity index (χ4v) is 0.903. The number of hydrogen-bond donors (Lipinski definition) is 2. The van der Waals surface area contributed by atoms with E-state index in [0.717, 1.165) is 6.07 Å². The van der Waals surface area contributed by atoms with Crippen LogP contribution in [-0.2, 0) is 0 Å². The summed E-state index contributed by atoms with van der Waals surface area (Å²) in [6.45, 7) is 1.55. The zero-order valence-corrected chi connectivity index (χ0v) is 6.51. The first-order chi connectivity index (χ1) is 5.52. The molecule has 0 bridgehead atoms. The molecule has 1 rings (SSSR count). The molecule has 0 saturated heterocycles. The Bertz CT molecular complexity index is 299. The third-order valence-electron chi connectivity index (χ3n) is 1.56. The molecule has 0 saturated carbocycles. The Morgan fingerprint density at radius 2 is 1.92 bits per heavy atom. The Labute approximate surface area is 68.6 Å². The van der Waals surface area contributed by atoms with Gasteiger partial charge in [-0.3, -0.25) is 0 Å². The minimum absolute atomic E-state index is 0.105. The van der Waals surface area contributed by atoms with Gasteiger partial charge in [-0.2, -0.15) is 0 Å². The molecule has 2 nitrogen and oxygen atoms in total. The van der Waals surface area contributed by atoms with Crippen molar-refractivity contribution in [2.24, 2.45) is 5.73 Å². The van der Waals surface area contributed by atoms with Gasteiger partial charge in [-0.15, -0.1) is 0 Å². The topological polar surface area (TPSA) is 46.2 Å². The van der Waals surface area contributed by atoms with Gasteiger partial charge in [-0.05, 0) is 13.0 Å². The molecular formula is C8H9F2NO. The summed E-state index contributed by atoms with van der Waals surface area (Å²) in [4.78, 5) is 0. The molecule has 0 aliphatic heterocycles. The van der Waals surface area contributed by atoms with Crippen molar-refractivity contribution < 1.29 is 13.9 Å². The first-order valence-corrected chi connectivity index (χ1v) is 3.46. The fourth-order valence-electron chi connectivity index (χ4n) is 0.903. The number of aromatic hydroxyl groups is 1. The van der Waals surface area contributed by atoms with Crippen LogP contribution in [0.2, 0.25) is 0 Å². The van der Waals surface area contributed by atoms with Crippen molar-refractivity contribution >= 4 is 0 Å². The summed E-state index contributed by atoms with van der Waals surface area (Å²) in [5.74, 6) is -2.29. The first-order valence-electron chi connectivity index (χ1n) is 3.46. The number of rotatable bonds is 1. The third kappa shape index (κ3) is 1.53. The molecule has 0 fully saturated rings. The second-order valence-electron chi connectivity index (χ2n) is 2.61. The van der Waals surface area contributed by atoms with Gasteiger partial charge in [0.2, 0.25) is 0 Å². The Morgan fingerprint density at radius 1 is 1.33 bits per heavy atom. The second-order valence-corrected chi connectivity index (χ2v) is 2.61. The number of nitrogens with two attached hydrogens (primary N) is 1. The average molecular weight is 173 g/mol. The van der Waals surface area contributed by atoms with Crippen LogP contribution in [-0.4, -0.2) is 5.11 Å². The van der Waals surface area contributed by atoms with E-state index >= 15 is 0 Å². The van der Waals surface area contributed by atoms with Crippen LogP contribution in [0.5, 0.6) is 5.75 Å². The molecule has 1 aromatic carbocycles. The van der Waals surface area contributed by atoms with E-state index in [-0.39, 0.29) is 5.56 Å². The van der Waals surface area contributed by atoms with Crippen LogP contribution in [0.1, 0.15) is 18.5 Å². The van der Waals surface area contributed by atoms with Gasteiger partial charge in [0, 0.05) is 17.7 Å². The van der Waals surface area contributed by atoms with Gasteiger partial charge in [-0.1, -0.05) is 0 Å². The van der Waals surface area contributed by atoms with Crippen molar-refractivity contribution in [1.82, 2.24) is 0 Å². The summed E-state index contributed by atoms with van der Waals surface area (Å²) in [6.07, 6.45) is 0. The van der Waals surface area contributed by atoms with Gasteiger partial charge in [0.15, 0.2) is 11.6 Å². The highest BCUT2D eigenvalue weighted by Crippen LogP contribution is 2.23. The molecule has 12 heavy (non-hydrogen) atoms. The molecule has 0 amide bonds. The Morgan fingerprint density at radius 3 is 2.42 bits per heavy atom. The summed E-state index contributed by atoms with van der Waals surface area (Å²) in [5, 5.41) is 8.88. The minimum atomic E-state index is -0.975. The molecule has 0 heterocycles. The maximum atomic E-state index is 12.9. The SMILES string of the molecule is CC(N)c1cc(O)c(F)cc1F. The van der Waals surface area contributed by atoms with Gasteiger partial charge < -0.3 is 10.8 Å². The van der Waals surface area contributed by atoms with Gasteiger partial charge in [0.1, 0.15) is 5.82 Å². The molecule has 0 aromatic heterocycles.